The first-order valence-corrected chi connectivity index (χ1v) is 8.62. The smallest absolute Gasteiger partial charge is 0.128 e. The van der Waals surface area contributed by atoms with Crippen molar-refractivity contribution in [1.29, 1.82) is 0 Å². The van der Waals surface area contributed by atoms with Crippen LogP contribution in [-0.4, -0.2) is 54.2 Å². The quantitative estimate of drug-likeness (QED) is 0.852. The minimum Gasteiger partial charge on any atom is -0.378 e. The molecule has 1 fully saturated rings. The number of rotatable bonds is 5. The molecule has 7 heteroatoms. The van der Waals surface area contributed by atoms with Gasteiger partial charge in [0, 0.05) is 57.4 Å². The van der Waals surface area contributed by atoms with Crippen molar-refractivity contribution in [2.24, 2.45) is 5.92 Å². The Balaban J connectivity index is 1.28. The number of nitrogens with one attached hydrogen (secondary N) is 2. The van der Waals surface area contributed by atoms with Gasteiger partial charge in [-0.2, -0.15) is 5.10 Å². The van der Waals surface area contributed by atoms with Crippen LogP contribution in [0.25, 0.3) is 0 Å². The van der Waals surface area contributed by atoms with Gasteiger partial charge in [0.25, 0.3) is 0 Å². The summed E-state index contributed by atoms with van der Waals surface area (Å²) in [4.78, 5) is 6.79. The molecule has 2 aromatic heterocycles. The van der Waals surface area contributed by atoms with Gasteiger partial charge in [0.2, 0.25) is 0 Å². The third-order valence-electron chi connectivity index (χ3n) is 4.63. The number of nitrogens with zero attached hydrogens (tertiary/aromatic N) is 4. The highest BCUT2D eigenvalue weighted by atomic mass is 16.5. The Hall–Kier alpha value is -2.12. The molecule has 0 aromatic carbocycles. The number of hydrogen-bond donors (Lipinski definition) is 2. The zero-order valence-electron chi connectivity index (χ0n) is 13.8. The molecule has 4 rings (SSSR count). The van der Waals surface area contributed by atoms with Gasteiger partial charge < -0.3 is 20.3 Å². The monoisotopic (exact) mass is 328 g/mol. The molecule has 2 aliphatic heterocycles. The van der Waals surface area contributed by atoms with Crippen LogP contribution in [-0.2, 0) is 17.8 Å². The van der Waals surface area contributed by atoms with Crippen LogP contribution in [0.1, 0.15) is 5.56 Å². The summed E-state index contributed by atoms with van der Waals surface area (Å²) in [5.74, 6) is 2.73. The number of pyridine rings is 1. The highest BCUT2D eigenvalue weighted by Gasteiger charge is 2.17. The van der Waals surface area contributed by atoms with E-state index in [4.69, 9.17) is 4.74 Å². The Labute approximate surface area is 142 Å². The van der Waals surface area contributed by atoms with Crippen molar-refractivity contribution in [3.8, 4) is 0 Å². The van der Waals surface area contributed by atoms with Crippen molar-refractivity contribution < 1.29 is 4.74 Å². The first kappa shape index (κ1) is 15.4. The number of ether oxygens (including phenoxy) is 1. The Kier molecular flexibility index (Phi) is 4.62. The molecule has 0 saturated carbocycles. The van der Waals surface area contributed by atoms with E-state index in [0.717, 1.165) is 64.1 Å². The van der Waals surface area contributed by atoms with Gasteiger partial charge in [-0.3, -0.25) is 0 Å². The number of fused-ring (bicyclic) bond motifs is 1. The van der Waals surface area contributed by atoms with Crippen LogP contribution < -0.4 is 15.5 Å². The highest BCUT2D eigenvalue weighted by molar-refractivity contribution is 5.41. The van der Waals surface area contributed by atoms with E-state index < -0.39 is 0 Å². The largest absolute Gasteiger partial charge is 0.378 e. The molecule has 1 atom stereocenters. The molecule has 128 valence electrons. The second-order valence-corrected chi connectivity index (χ2v) is 6.40. The summed E-state index contributed by atoms with van der Waals surface area (Å²) in [7, 11) is 0. The molecule has 2 N–H and O–H groups in total. The lowest BCUT2D eigenvalue weighted by Gasteiger charge is -2.28. The van der Waals surface area contributed by atoms with Crippen LogP contribution in [0.2, 0.25) is 0 Å². The van der Waals surface area contributed by atoms with Crippen molar-refractivity contribution in [1.82, 2.24) is 20.1 Å². The van der Waals surface area contributed by atoms with E-state index in [0.29, 0.717) is 5.92 Å². The number of morpholine rings is 1. The highest BCUT2D eigenvalue weighted by Crippen LogP contribution is 2.16. The summed E-state index contributed by atoms with van der Waals surface area (Å²) in [5, 5.41) is 11.3. The summed E-state index contributed by atoms with van der Waals surface area (Å²) in [5.41, 5.74) is 1.27. The van der Waals surface area contributed by atoms with Crippen LogP contribution in [0.3, 0.4) is 0 Å². The minimum absolute atomic E-state index is 0.554. The van der Waals surface area contributed by atoms with E-state index in [1.165, 1.54) is 5.56 Å². The average Bonchev–Trinajstić information content (AvgIpc) is 3.11. The third-order valence-corrected chi connectivity index (χ3v) is 4.63. The van der Waals surface area contributed by atoms with E-state index in [-0.39, 0.29) is 0 Å². The molecule has 0 aliphatic carbocycles. The predicted octanol–water partition coefficient (Wildman–Crippen LogP) is 0.946. The molecule has 24 heavy (non-hydrogen) atoms. The molecule has 0 bridgehead atoms. The summed E-state index contributed by atoms with van der Waals surface area (Å²) in [6, 6.07) is 6.29. The summed E-state index contributed by atoms with van der Waals surface area (Å²) in [6.45, 7) is 7.21. The fourth-order valence-corrected chi connectivity index (χ4v) is 3.28. The molecule has 4 heterocycles. The van der Waals surface area contributed by atoms with Crippen molar-refractivity contribution in [2.75, 3.05) is 49.6 Å². The minimum atomic E-state index is 0.554. The fraction of sp³-hybridized carbons (Fsp3) is 0.529. The first-order valence-electron chi connectivity index (χ1n) is 8.62. The zero-order valence-corrected chi connectivity index (χ0v) is 13.8. The Morgan fingerprint density at radius 1 is 1.25 bits per heavy atom. The van der Waals surface area contributed by atoms with Gasteiger partial charge >= 0.3 is 0 Å². The molecule has 2 aliphatic rings. The fourth-order valence-electron chi connectivity index (χ4n) is 3.28. The van der Waals surface area contributed by atoms with Gasteiger partial charge in [0.1, 0.15) is 11.6 Å². The van der Waals surface area contributed by atoms with E-state index in [9.17, 15) is 0 Å². The van der Waals surface area contributed by atoms with E-state index in [2.05, 4.69) is 37.7 Å². The predicted molar refractivity (Wildman–Crippen MR) is 93.2 cm³/mol. The van der Waals surface area contributed by atoms with Gasteiger partial charge in [-0.05, 0) is 17.7 Å². The van der Waals surface area contributed by atoms with Crippen molar-refractivity contribution in [3.05, 3.63) is 36.2 Å². The SMILES string of the molecule is c1cc(CNC[C@@H]2CNc3ccnn3C2)cc(N2CCOCC2)n1. The van der Waals surface area contributed by atoms with Crippen molar-refractivity contribution in [3.63, 3.8) is 0 Å². The topological polar surface area (TPSA) is 67.2 Å². The average molecular weight is 328 g/mol. The third kappa shape index (κ3) is 3.52. The number of aromatic nitrogens is 3. The Morgan fingerprint density at radius 3 is 3.08 bits per heavy atom. The van der Waals surface area contributed by atoms with E-state index in [1.807, 2.05) is 23.1 Å². The number of hydrogen-bond acceptors (Lipinski definition) is 6. The molecule has 0 radical (unpaired) electrons. The summed E-state index contributed by atoms with van der Waals surface area (Å²) in [6.07, 6.45) is 3.75. The van der Waals surface area contributed by atoms with E-state index >= 15 is 0 Å². The maximum absolute atomic E-state index is 5.41. The maximum atomic E-state index is 5.41. The standard InChI is InChI=1S/C17H24N6O/c1-3-19-17(22-5-7-24-8-6-22)9-14(1)10-18-11-15-12-20-16-2-4-21-23(16)13-15/h1-4,9,15,18,20H,5-8,10-13H2/t15-/m1/s1. The second kappa shape index (κ2) is 7.19. The van der Waals surface area contributed by atoms with Gasteiger partial charge in [0.15, 0.2) is 0 Å². The van der Waals surface area contributed by atoms with Gasteiger partial charge in [-0.25, -0.2) is 9.67 Å². The molecule has 2 aromatic rings. The lowest BCUT2D eigenvalue weighted by atomic mass is 10.1. The Morgan fingerprint density at radius 2 is 2.17 bits per heavy atom. The van der Waals surface area contributed by atoms with Crippen molar-refractivity contribution >= 4 is 11.6 Å². The summed E-state index contributed by atoms with van der Waals surface area (Å²) >= 11 is 0. The van der Waals surface area contributed by atoms with Gasteiger partial charge in [0.05, 0.1) is 19.4 Å². The Bertz CT molecular complexity index is 667. The van der Waals surface area contributed by atoms with Crippen LogP contribution in [0.5, 0.6) is 0 Å². The van der Waals surface area contributed by atoms with Crippen LogP contribution in [0.4, 0.5) is 11.6 Å². The molecule has 7 nitrogen and oxygen atoms in total. The second-order valence-electron chi connectivity index (χ2n) is 6.40. The lowest BCUT2D eigenvalue weighted by Crippen LogP contribution is -2.37. The molecule has 0 amide bonds. The maximum Gasteiger partial charge on any atom is 0.128 e. The van der Waals surface area contributed by atoms with Crippen LogP contribution in [0, 0.1) is 5.92 Å². The molecular formula is C17H24N6O. The molecule has 0 unspecified atom stereocenters. The molecular weight excluding hydrogens is 304 g/mol. The normalized spacial score (nSPS) is 20.5. The number of anilines is 2. The van der Waals surface area contributed by atoms with E-state index in [1.54, 1.807) is 0 Å². The van der Waals surface area contributed by atoms with Gasteiger partial charge in [-0.15, -0.1) is 0 Å². The van der Waals surface area contributed by atoms with Gasteiger partial charge in [-0.1, -0.05) is 0 Å². The molecule has 1 saturated heterocycles. The lowest BCUT2D eigenvalue weighted by molar-refractivity contribution is 0.122. The first-order chi connectivity index (χ1) is 11.9. The molecule has 0 spiro atoms. The van der Waals surface area contributed by atoms with Crippen LogP contribution in [0.15, 0.2) is 30.6 Å². The van der Waals surface area contributed by atoms with Crippen LogP contribution >= 0.6 is 0 Å². The zero-order chi connectivity index (χ0) is 16.2. The van der Waals surface area contributed by atoms with Crippen molar-refractivity contribution in [2.45, 2.75) is 13.1 Å². The summed E-state index contributed by atoms with van der Waals surface area (Å²) < 4.78 is 7.45.